The largest absolute Gasteiger partial charge is 0.490 e. The predicted molar refractivity (Wildman–Crippen MR) is 139 cm³/mol. The molecule has 0 aliphatic carbocycles. The van der Waals surface area contributed by atoms with Crippen LogP contribution in [-0.2, 0) is 16.2 Å². The monoisotopic (exact) mass is 585 g/mol. The van der Waals surface area contributed by atoms with Gasteiger partial charge in [0.15, 0.2) is 11.5 Å². The van der Waals surface area contributed by atoms with Crippen LogP contribution in [0.15, 0.2) is 70.8 Å². The van der Waals surface area contributed by atoms with Crippen molar-refractivity contribution in [2.24, 2.45) is 0 Å². The maximum atomic E-state index is 14.0. The normalized spacial score (nSPS) is 14.0. The number of urea groups is 1. The summed E-state index contributed by atoms with van der Waals surface area (Å²) >= 11 is 3.42. The molecule has 0 radical (unpaired) electrons. The van der Waals surface area contributed by atoms with Crippen molar-refractivity contribution in [3.05, 3.63) is 93.6 Å². The van der Waals surface area contributed by atoms with Gasteiger partial charge < -0.3 is 20.1 Å². The second-order valence-corrected chi connectivity index (χ2v) is 8.90. The van der Waals surface area contributed by atoms with Crippen LogP contribution in [-0.4, -0.2) is 35.9 Å². The number of anilines is 1. The number of carbonyl (C=O) groups excluding carboxylic acids is 3. The van der Waals surface area contributed by atoms with Gasteiger partial charge in [0.25, 0.3) is 5.91 Å². The number of ether oxygens (including phenoxy) is 2. The molecule has 2 N–H and O–H groups in total. The second-order valence-electron chi connectivity index (χ2n) is 8.04. The van der Waals surface area contributed by atoms with Crippen molar-refractivity contribution in [3.63, 3.8) is 0 Å². The first-order valence-electron chi connectivity index (χ1n) is 11.5. The van der Waals surface area contributed by atoms with Crippen LogP contribution < -0.4 is 20.1 Å². The van der Waals surface area contributed by atoms with Crippen molar-refractivity contribution in [3.8, 4) is 11.5 Å². The summed E-state index contributed by atoms with van der Waals surface area (Å²) in [4.78, 5) is 38.3. The maximum absolute atomic E-state index is 14.0. The zero-order chi connectivity index (χ0) is 27.2. The van der Waals surface area contributed by atoms with E-state index < -0.39 is 36.0 Å². The second kappa shape index (κ2) is 11.9. The molecule has 3 aromatic rings. The highest BCUT2D eigenvalue weighted by molar-refractivity contribution is 9.10. The molecule has 0 saturated carbocycles. The van der Waals surface area contributed by atoms with E-state index in [2.05, 4.69) is 26.6 Å². The van der Waals surface area contributed by atoms with Gasteiger partial charge in [-0.3, -0.25) is 9.59 Å². The fourth-order valence-electron chi connectivity index (χ4n) is 3.58. The number of benzene rings is 3. The molecule has 0 spiro atoms. The number of nitrogens with one attached hydrogen (secondary N) is 2. The Kier molecular flexibility index (Phi) is 8.37. The summed E-state index contributed by atoms with van der Waals surface area (Å²) in [6, 6.07) is 14.2. The minimum absolute atomic E-state index is 0.0297. The number of halogens is 3. The Labute approximate surface area is 225 Å². The summed E-state index contributed by atoms with van der Waals surface area (Å²) in [7, 11) is 0. The Morgan fingerprint density at radius 2 is 1.71 bits per heavy atom. The van der Waals surface area contributed by atoms with E-state index in [1.165, 1.54) is 36.4 Å². The van der Waals surface area contributed by atoms with Crippen LogP contribution in [0.3, 0.4) is 0 Å². The van der Waals surface area contributed by atoms with Gasteiger partial charge in [-0.1, -0.05) is 46.3 Å². The van der Waals surface area contributed by atoms with E-state index >= 15 is 0 Å². The molecule has 8 nitrogen and oxygen atoms in total. The lowest BCUT2D eigenvalue weighted by molar-refractivity contribution is -0.127. The van der Waals surface area contributed by atoms with Crippen molar-refractivity contribution in [1.29, 1.82) is 0 Å². The number of nitrogens with zero attached hydrogens (tertiary/aromatic N) is 1. The highest BCUT2D eigenvalue weighted by Gasteiger charge is 2.35. The third-order valence-corrected chi connectivity index (χ3v) is 6.10. The first kappa shape index (κ1) is 26.8. The maximum Gasteiger partial charge on any atom is 0.329 e. The Morgan fingerprint density at radius 1 is 1.03 bits per heavy atom. The van der Waals surface area contributed by atoms with E-state index in [-0.39, 0.29) is 18.0 Å². The number of hydrogen-bond donors (Lipinski definition) is 2. The summed E-state index contributed by atoms with van der Waals surface area (Å²) in [5.41, 5.74) is 0.713. The van der Waals surface area contributed by atoms with E-state index in [1.807, 2.05) is 0 Å². The minimum Gasteiger partial charge on any atom is -0.490 e. The molecule has 3 aromatic carbocycles. The van der Waals surface area contributed by atoms with Crippen LogP contribution in [0.2, 0.25) is 0 Å². The van der Waals surface area contributed by atoms with E-state index in [4.69, 9.17) is 9.47 Å². The zero-order valence-electron chi connectivity index (χ0n) is 20.1. The van der Waals surface area contributed by atoms with E-state index in [9.17, 15) is 23.2 Å². The van der Waals surface area contributed by atoms with Crippen LogP contribution in [0.1, 0.15) is 18.1 Å². The van der Waals surface area contributed by atoms with Gasteiger partial charge in [-0.15, -0.1) is 0 Å². The molecule has 1 saturated heterocycles. The number of para-hydroxylation sites is 1. The van der Waals surface area contributed by atoms with Crippen molar-refractivity contribution >= 4 is 45.5 Å². The molecular weight excluding hydrogens is 564 g/mol. The topological polar surface area (TPSA) is 97.0 Å². The first-order chi connectivity index (χ1) is 18.3. The van der Waals surface area contributed by atoms with Crippen molar-refractivity contribution in [2.75, 3.05) is 18.5 Å². The van der Waals surface area contributed by atoms with Crippen molar-refractivity contribution in [2.45, 2.75) is 13.5 Å². The standard InChI is InChI=1S/C27H22BrF2N3O5/c1-2-37-23-12-17(18(28)13-24(23)38-15-16-7-3-4-8-19(16)29)11-22-26(35)33(27(36)32-22)14-25(34)31-21-10-6-5-9-20(21)30/h3-13H,2,14-15H2,1H3,(H,31,34)(H,32,36)/b22-11+. The van der Waals surface area contributed by atoms with Crippen LogP contribution in [0.5, 0.6) is 11.5 Å². The molecule has 38 heavy (non-hydrogen) atoms. The molecule has 0 atom stereocenters. The molecule has 196 valence electrons. The lowest BCUT2D eigenvalue weighted by atomic mass is 10.1. The highest BCUT2D eigenvalue weighted by Crippen LogP contribution is 2.36. The Bertz CT molecular complexity index is 1430. The van der Waals surface area contributed by atoms with E-state index in [0.29, 0.717) is 38.6 Å². The summed E-state index contributed by atoms with van der Waals surface area (Å²) in [6.07, 6.45) is 1.42. The third kappa shape index (κ3) is 6.17. The van der Waals surface area contributed by atoms with Gasteiger partial charge in [0.2, 0.25) is 5.91 Å². The Morgan fingerprint density at radius 3 is 2.42 bits per heavy atom. The molecule has 11 heteroatoms. The highest BCUT2D eigenvalue weighted by atomic mass is 79.9. The van der Waals surface area contributed by atoms with Gasteiger partial charge in [-0.25, -0.2) is 18.5 Å². The molecule has 0 unspecified atom stereocenters. The van der Waals surface area contributed by atoms with E-state index in [0.717, 1.165) is 0 Å². The quantitative estimate of drug-likeness (QED) is 0.264. The number of carbonyl (C=O) groups is 3. The number of imide groups is 1. The SMILES string of the molecule is CCOc1cc(/C=C2/NC(=O)N(CC(=O)Nc3ccccc3F)C2=O)c(Br)cc1OCc1ccccc1F. The average molecular weight is 586 g/mol. The van der Waals surface area contributed by atoms with E-state index in [1.54, 1.807) is 37.3 Å². The molecule has 1 fully saturated rings. The predicted octanol–water partition coefficient (Wildman–Crippen LogP) is 5.24. The van der Waals surface area contributed by atoms with Gasteiger partial charge in [-0.05, 0) is 48.9 Å². The van der Waals surface area contributed by atoms with Crippen LogP contribution in [0.25, 0.3) is 6.08 Å². The number of amides is 4. The molecule has 4 amide bonds. The van der Waals surface area contributed by atoms with Crippen molar-refractivity contribution < 1.29 is 32.6 Å². The van der Waals surface area contributed by atoms with Gasteiger partial charge in [-0.2, -0.15) is 0 Å². The Balaban J connectivity index is 1.50. The Hall–Kier alpha value is -4.25. The fraction of sp³-hybridized carbons (Fsp3) is 0.148. The fourth-order valence-corrected chi connectivity index (χ4v) is 4.02. The van der Waals surface area contributed by atoms with Crippen LogP contribution in [0.4, 0.5) is 19.3 Å². The molecule has 1 aliphatic rings. The van der Waals surface area contributed by atoms with Crippen LogP contribution >= 0.6 is 15.9 Å². The number of rotatable bonds is 9. The number of hydrogen-bond acceptors (Lipinski definition) is 5. The molecule has 4 rings (SSSR count). The van der Waals surface area contributed by atoms with Gasteiger partial charge in [0.1, 0.15) is 30.5 Å². The van der Waals surface area contributed by atoms with Gasteiger partial charge in [0.05, 0.1) is 12.3 Å². The van der Waals surface area contributed by atoms with Gasteiger partial charge in [0, 0.05) is 10.0 Å². The molecular formula is C27H22BrF2N3O5. The van der Waals surface area contributed by atoms with Crippen molar-refractivity contribution in [1.82, 2.24) is 10.2 Å². The zero-order valence-corrected chi connectivity index (χ0v) is 21.7. The molecule has 0 bridgehead atoms. The smallest absolute Gasteiger partial charge is 0.329 e. The lowest BCUT2D eigenvalue weighted by Gasteiger charge is -2.14. The molecule has 1 aliphatic heterocycles. The minimum atomic E-state index is -0.795. The average Bonchev–Trinajstić information content (AvgIpc) is 3.14. The molecule has 1 heterocycles. The summed E-state index contributed by atoms with van der Waals surface area (Å²) in [5.74, 6) is -1.82. The first-order valence-corrected chi connectivity index (χ1v) is 12.3. The third-order valence-electron chi connectivity index (χ3n) is 5.42. The molecule has 0 aromatic heterocycles. The van der Waals surface area contributed by atoms with Crippen LogP contribution in [0, 0.1) is 11.6 Å². The summed E-state index contributed by atoms with van der Waals surface area (Å²) in [6.45, 7) is 1.46. The van der Waals surface area contributed by atoms with Gasteiger partial charge >= 0.3 is 6.03 Å². The summed E-state index contributed by atoms with van der Waals surface area (Å²) < 4.78 is 39.7. The lowest BCUT2D eigenvalue weighted by Crippen LogP contribution is -2.38. The summed E-state index contributed by atoms with van der Waals surface area (Å²) in [5, 5.41) is 4.78.